The summed E-state index contributed by atoms with van der Waals surface area (Å²) in [6.07, 6.45) is 1.88. The lowest BCUT2D eigenvalue weighted by molar-refractivity contribution is 0.210. The van der Waals surface area contributed by atoms with E-state index in [1.807, 2.05) is 31.2 Å². The maximum atomic E-state index is 5.88. The molecule has 0 bridgehead atoms. The van der Waals surface area contributed by atoms with Crippen molar-refractivity contribution < 1.29 is 9.47 Å². The van der Waals surface area contributed by atoms with E-state index in [0.29, 0.717) is 12.5 Å². The molecule has 0 saturated heterocycles. The number of aryl methyl sites for hydroxylation is 1. The monoisotopic (exact) mass is 270 g/mol. The SMILES string of the molecule is COc1cccc2c1OCC(Cc1ccc(C)nn1)C2. The van der Waals surface area contributed by atoms with Gasteiger partial charge in [-0.05, 0) is 43.5 Å². The molecule has 1 aliphatic heterocycles. The molecule has 0 fully saturated rings. The second kappa shape index (κ2) is 5.49. The zero-order valence-electron chi connectivity index (χ0n) is 11.8. The van der Waals surface area contributed by atoms with Gasteiger partial charge in [-0.2, -0.15) is 10.2 Å². The second-order valence-electron chi connectivity index (χ2n) is 5.20. The van der Waals surface area contributed by atoms with Crippen LogP contribution in [0.1, 0.15) is 17.0 Å². The number of para-hydroxylation sites is 1. The molecule has 1 aromatic heterocycles. The van der Waals surface area contributed by atoms with Gasteiger partial charge in [-0.15, -0.1) is 0 Å². The molecule has 4 heteroatoms. The van der Waals surface area contributed by atoms with Gasteiger partial charge in [0.05, 0.1) is 25.1 Å². The van der Waals surface area contributed by atoms with Gasteiger partial charge >= 0.3 is 0 Å². The summed E-state index contributed by atoms with van der Waals surface area (Å²) < 4.78 is 11.2. The van der Waals surface area contributed by atoms with E-state index in [2.05, 4.69) is 16.3 Å². The summed E-state index contributed by atoms with van der Waals surface area (Å²) in [7, 11) is 1.67. The highest BCUT2D eigenvalue weighted by Crippen LogP contribution is 2.36. The van der Waals surface area contributed by atoms with Crippen molar-refractivity contribution >= 4 is 0 Å². The van der Waals surface area contributed by atoms with Crippen LogP contribution in [0.25, 0.3) is 0 Å². The number of ether oxygens (including phenoxy) is 2. The molecule has 0 spiro atoms. The van der Waals surface area contributed by atoms with Crippen LogP contribution in [0.4, 0.5) is 0 Å². The smallest absolute Gasteiger partial charge is 0.164 e. The average molecular weight is 270 g/mol. The lowest BCUT2D eigenvalue weighted by Crippen LogP contribution is -2.23. The van der Waals surface area contributed by atoms with Gasteiger partial charge in [-0.3, -0.25) is 0 Å². The first-order valence-corrected chi connectivity index (χ1v) is 6.84. The number of hydrogen-bond donors (Lipinski definition) is 0. The molecule has 3 rings (SSSR count). The minimum absolute atomic E-state index is 0.437. The zero-order chi connectivity index (χ0) is 13.9. The lowest BCUT2D eigenvalue weighted by Gasteiger charge is -2.26. The third kappa shape index (κ3) is 2.59. The van der Waals surface area contributed by atoms with E-state index in [1.165, 1.54) is 5.56 Å². The highest BCUT2D eigenvalue weighted by molar-refractivity contribution is 5.47. The molecule has 20 heavy (non-hydrogen) atoms. The number of rotatable bonds is 3. The van der Waals surface area contributed by atoms with Gasteiger partial charge in [0, 0.05) is 5.92 Å². The summed E-state index contributed by atoms with van der Waals surface area (Å²) >= 11 is 0. The Balaban J connectivity index is 1.74. The largest absolute Gasteiger partial charge is 0.493 e. The Morgan fingerprint density at radius 1 is 1.25 bits per heavy atom. The van der Waals surface area contributed by atoms with Crippen LogP contribution in [0, 0.1) is 12.8 Å². The molecule has 1 aliphatic rings. The molecule has 0 saturated carbocycles. The predicted molar refractivity (Wildman–Crippen MR) is 76.2 cm³/mol. The zero-order valence-corrected chi connectivity index (χ0v) is 11.8. The second-order valence-corrected chi connectivity index (χ2v) is 5.20. The van der Waals surface area contributed by atoms with Crippen molar-refractivity contribution in [3.05, 3.63) is 47.3 Å². The van der Waals surface area contributed by atoms with E-state index >= 15 is 0 Å². The molecule has 2 heterocycles. The first-order chi connectivity index (χ1) is 9.76. The fourth-order valence-corrected chi connectivity index (χ4v) is 2.58. The van der Waals surface area contributed by atoms with Crippen LogP contribution in [-0.2, 0) is 12.8 Å². The molecule has 0 N–H and O–H groups in total. The molecule has 104 valence electrons. The Morgan fingerprint density at radius 2 is 2.15 bits per heavy atom. The van der Waals surface area contributed by atoms with Crippen molar-refractivity contribution in [1.29, 1.82) is 0 Å². The topological polar surface area (TPSA) is 44.2 Å². The van der Waals surface area contributed by atoms with Gasteiger partial charge in [0.1, 0.15) is 0 Å². The van der Waals surface area contributed by atoms with Crippen LogP contribution in [0.15, 0.2) is 30.3 Å². The molecular formula is C16H18N2O2. The standard InChI is InChI=1S/C16H18N2O2/c1-11-6-7-14(18-17-11)9-12-8-13-4-3-5-15(19-2)16(13)20-10-12/h3-7,12H,8-10H2,1-2H3. The third-order valence-electron chi connectivity index (χ3n) is 3.60. The van der Waals surface area contributed by atoms with Gasteiger partial charge in [0.25, 0.3) is 0 Å². The summed E-state index contributed by atoms with van der Waals surface area (Å²) in [5.74, 6) is 2.14. The van der Waals surface area contributed by atoms with E-state index < -0.39 is 0 Å². The van der Waals surface area contributed by atoms with Gasteiger partial charge in [0.2, 0.25) is 0 Å². The van der Waals surface area contributed by atoms with E-state index in [4.69, 9.17) is 9.47 Å². The Labute approximate surface area is 118 Å². The highest BCUT2D eigenvalue weighted by atomic mass is 16.5. The number of benzene rings is 1. The number of aromatic nitrogens is 2. The van der Waals surface area contributed by atoms with E-state index in [0.717, 1.165) is 35.7 Å². The van der Waals surface area contributed by atoms with Crippen molar-refractivity contribution in [3.8, 4) is 11.5 Å². The summed E-state index contributed by atoms with van der Waals surface area (Å²) in [4.78, 5) is 0. The van der Waals surface area contributed by atoms with Crippen molar-refractivity contribution in [2.24, 2.45) is 5.92 Å². The van der Waals surface area contributed by atoms with Crippen LogP contribution in [0.5, 0.6) is 11.5 Å². The quantitative estimate of drug-likeness (QED) is 0.860. The van der Waals surface area contributed by atoms with Crippen LogP contribution in [0.3, 0.4) is 0 Å². The highest BCUT2D eigenvalue weighted by Gasteiger charge is 2.23. The van der Waals surface area contributed by atoms with Gasteiger partial charge < -0.3 is 9.47 Å². The first kappa shape index (κ1) is 12.9. The Kier molecular flexibility index (Phi) is 3.54. The van der Waals surface area contributed by atoms with Gasteiger partial charge in [0.15, 0.2) is 11.5 Å². The van der Waals surface area contributed by atoms with Crippen LogP contribution >= 0.6 is 0 Å². The molecule has 2 aromatic rings. The first-order valence-electron chi connectivity index (χ1n) is 6.84. The van der Waals surface area contributed by atoms with Gasteiger partial charge in [-0.1, -0.05) is 12.1 Å². The minimum atomic E-state index is 0.437. The number of nitrogens with zero attached hydrogens (tertiary/aromatic N) is 2. The third-order valence-corrected chi connectivity index (χ3v) is 3.60. The van der Waals surface area contributed by atoms with Crippen molar-refractivity contribution in [2.45, 2.75) is 19.8 Å². The summed E-state index contributed by atoms with van der Waals surface area (Å²) in [6.45, 7) is 2.64. The molecular weight excluding hydrogens is 252 g/mol. The Hall–Kier alpha value is -2.10. The number of methoxy groups -OCH3 is 1. The van der Waals surface area contributed by atoms with Crippen molar-refractivity contribution in [2.75, 3.05) is 13.7 Å². The van der Waals surface area contributed by atoms with E-state index in [9.17, 15) is 0 Å². The van der Waals surface area contributed by atoms with Crippen LogP contribution in [0.2, 0.25) is 0 Å². The molecule has 0 amide bonds. The predicted octanol–water partition coefficient (Wildman–Crippen LogP) is 2.59. The summed E-state index contributed by atoms with van der Waals surface area (Å²) in [5.41, 5.74) is 3.18. The molecule has 0 radical (unpaired) electrons. The van der Waals surface area contributed by atoms with Crippen LogP contribution < -0.4 is 9.47 Å². The van der Waals surface area contributed by atoms with E-state index in [1.54, 1.807) is 7.11 Å². The van der Waals surface area contributed by atoms with E-state index in [-0.39, 0.29) is 0 Å². The summed E-state index contributed by atoms with van der Waals surface area (Å²) in [6, 6.07) is 10.1. The van der Waals surface area contributed by atoms with Crippen molar-refractivity contribution in [1.82, 2.24) is 10.2 Å². The molecule has 1 atom stereocenters. The fourth-order valence-electron chi connectivity index (χ4n) is 2.58. The Morgan fingerprint density at radius 3 is 2.90 bits per heavy atom. The normalized spacial score (nSPS) is 17.2. The maximum absolute atomic E-state index is 5.88. The van der Waals surface area contributed by atoms with Crippen LogP contribution in [-0.4, -0.2) is 23.9 Å². The average Bonchev–Trinajstić information content (AvgIpc) is 2.49. The van der Waals surface area contributed by atoms with Crippen molar-refractivity contribution in [3.63, 3.8) is 0 Å². The Bertz CT molecular complexity index is 596. The lowest BCUT2D eigenvalue weighted by atomic mass is 9.92. The molecule has 0 aliphatic carbocycles. The number of fused-ring (bicyclic) bond motifs is 1. The molecule has 1 aromatic carbocycles. The van der Waals surface area contributed by atoms with Gasteiger partial charge in [-0.25, -0.2) is 0 Å². The minimum Gasteiger partial charge on any atom is -0.493 e. The molecule has 1 unspecified atom stereocenters. The number of hydrogen-bond acceptors (Lipinski definition) is 4. The fraction of sp³-hybridized carbons (Fsp3) is 0.375. The molecule has 4 nitrogen and oxygen atoms in total. The maximum Gasteiger partial charge on any atom is 0.164 e. The summed E-state index contributed by atoms with van der Waals surface area (Å²) in [5, 5.41) is 8.34.